The van der Waals surface area contributed by atoms with Gasteiger partial charge in [0.1, 0.15) is 5.82 Å². The van der Waals surface area contributed by atoms with Gasteiger partial charge in [-0.1, -0.05) is 12.1 Å². The summed E-state index contributed by atoms with van der Waals surface area (Å²) >= 11 is 0. The minimum absolute atomic E-state index is 0.00748. The summed E-state index contributed by atoms with van der Waals surface area (Å²) in [6, 6.07) is 7.38. The molecule has 0 bridgehead atoms. The van der Waals surface area contributed by atoms with E-state index in [1.54, 1.807) is 25.4 Å². The Balaban J connectivity index is 1.49. The summed E-state index contributed by atoms with van der Waals surface area (Å²) in [5, 5.41) is 14.5. The Bertz CT molecular complexity index is 969. The molecular weight excluding hydrogens is 356 g/mol. The summed E-state index contributed by atoms with van der Waals surface area (Å²) in [6.45, 7) is 3.62. The van der Waals surface area contributed by atoms with Crippen molar-refractivity contribution in [3.8, 4) is 11.5 Å². The highest BCUT2D eigenvalue weighted by Crippen LogP contribution is 2.25. The van der Waals surface area contributed by atoms with Crippen molar-refractivity contribution >= 4 is 11.7 Å². The molecule has 1 aromatic carbocycles. The van der Waals surface area contributed by atoms with E-state index in [2.05, 4.69) is 30.8 Å². The van der Waals surface area contributed by atoms with Crippen LogP contribution < -0.4 is 10.6 Å². The molecule has 0 aliphatic heterocycles. The molecule has 28 heavy (non-hydrogen) atoms. The standard InChI is InChI=1S/C20H22N6O2/c1-12-10-22-18(11-21-12)23-16-8-5-9-17(16)24-19(27)14-6-3-4-7-15(14)20-26-25-13(2)28-20/h3-4,6-7,10-11,16-17H,5,8-9H2,1-2H3,(H,22,23)(H,24,27)/t16-,17-/m0/s1. The van der Waals surface area contributed by atoms with Crippen LogP contribution in [0, 0.1) is 13.8 Å². The van der Waals surface area contributed by atoms with E-state index in [0.717, 1.165) is 30.8 Å². The number of anilines is 1. The van der Waals surface area contributed by atoms with E-state index >= 15 is 0 Å². The predicted molar refractivity (Wildman–Crippen MR) is 104 cm³/mol. The van der Waals surface area contributed by atoms with Gasteiger partial charge in [0.15, 0.2) is 0 Å². The van der Waals surface area contributed by atoms with Gasteiger partial charge in [0, 0.05) is 19.0 Å². The van der Waals surface area contributed by atoms with Crippen molar-refractivity contribution in [3.63, 3.8) is 0 Å². The van der Waals surface area contributed by atoms with E-state index in [-0.39, 0.29) is 18.0 Å². The Hall–Kier alpha value is -3.29. The Morgan fingerprint density at radius 3 is 2.64 bits per heavy atom. The lowest BCUT2D eigenvalue weighted by Gasteiger charge is -2.23. The number of carbonyl (C=O) groups is 1. The van der Waals surface area contributed by atoms with Crippen molar-refractivity contribution < 1.29 is 9.21 Å². The van der Waals surface area contributed by atoms with Gasteiger partial charge in [-0.15, -0.1) is 10.2 Å². The monoisotopic (exact) mass is 378 g/mol. The number of carbonyl (C=O) groups excluding carboxylic acids is 1. The Morgan fingerprint density at radius 2 is 1.89 bits per heavy atom. The van der Waals surface area contributed by atoms with E-state index in [4.69, 9.17) is 4.42 Å². The molecule has 1 amide bonds. The molecule has 1 aliphatic rings. The predicted octanol–water partition coefficient (Wildman–Crippen LogP) is 2.91. The molecule has 2 atom stereocenters. The fourth-order valence-electron chi connectivity index (χ4n) is 3.48. The smallest absolute Gasteiger partial charge is 0.252 e. The van der Waals surface area contributed by atoms with Crippen LogP contribution in [-0.4, -0.2) is 38.2 Å². The molecule has 0 saturated heterocycles. The van der Waals surface area contributed by atoms with E-state index in [1.165, 1.54) is 0 Å². The van der Waals surface area contributed by atoms with Gasteiger partial charge in [-0.25, -0.2) is 4.98 Å². The molecule has 8 nitrogen and oxygen atoms in total. The SMILES string of the molecule is Cc1cnc(N[C@H]2CCC[C@@H]2NC(=O)c2ccccc2-c2nnc(C)o2)cn1. The summed E-state index contributed by atoms with van der Waals surface area (Å²) in [6.07, 6.45) is 6.36. The fourth-order valence-corrected chi connectivity index (χ4v) is 3.48. The number of benzene rings is 1. The highest BCUT2D eigenvalue weighted by atomic mass is 16.4. The maximum atomic E-state index is 13.0. The Kier molecular flexibility index (Phi) is 5.01. The van der Waals surface area contributed by atoms with Gasteiger partial charge in [0.2, 0.25) is 11.8 Å². The summed E-state index contributed by atoms with van der Waals surface area (Å²) in [7, 11) is 0. The number of nitrogens with zero attached hydrogens (tertiary/aromatic N) is 4. The van der Waals surface area contributed by atoms with Gasteiger partial charge in [-0.2, -0.15) is 0 Å². The number of hydrogen-bond donors (Lipinski definition) is 2. The topological polar surface area (TPSA) is 106 Å². The second-order valence-corrected chi connectivity index (χ2v) is 6.98. The Labute approximate surface area is 162 Å². The molecule has 1 aliphatic carbocycles. The van der Waals surface area contributed by atoms with Crippen LogP contribution in [0.25, 0.3) is 11.5 Å². The molecule has 144 valence electrons. The third kappa shape index (κ3) is 3.85. The number of aryl methyl sites for hydroxylation is 2. The molecule has 0 radical (unpaired) electrons. The normalized spacial score (nSPS) is 18.8. The van der Waals surface area contributed by atoms with Crippen molar-refractivity contribution in [3.05, 3.63) is 53.8 Å². The first-order valence-corrected chi connectivity index (χ1v) is 9.36. The van der Waals surface area contributed by atoms with Crippen LogP contribution >= 0.6 is 0 Å². The summed E-state index contributed by atoms with van der Waals surface area (Å²) in [5.41, 5.74) is 2.02. The van der Waals surface area contributed by atoms with Gasteiger partial charge in [0.25, 0.3) is 5.91 Å². The number of amides is 1. The molecule has 0 spiro atoms. The van der Waals surface area contributed by atoms with Crippen molar-refractivity contribution in [1.82, 2.24) is 25.5 Å². The molecule has 0 unspecified atom stereocenters. The molecule has 4 rings (SSSR count). The van der Waals surface area contributed by atoms with Gasteiger partial charge < -0.3 is 15.1 Å². The highest BCUT2D eigenvalue weighted by molar-refractivity contribution is 6.00. The van der Waals surface area contributed by atoms with Crippen molar-refractivity contribution in [2.24, 2.45) is 0 Å². The minimum atomic E-state index is -0.153. The maximum absolute atomic E-state index is 13.0. The molecule has 8 heteroatoms. The Morgan fingerprint density at radius 1 is 1.07 bits per heavy atom. The van der Waals surface area contributed by atoms with Gasteiger partial charge >= 0.3 is 0 Å². The van der Waals surface area contributed by atoms with Crippen molar-refractivity contribution in [1.29, 1.82) is 0 Å². The van der Waals surface area contributed by atoms with Crippen LogP contribution in [0.2, 0.25) is 0 Å². The first-order valence-electron chi connectivity index (χ1n) is 9.36. The number of rotatable bonds is 5. The first-order chi connectivity index (χ1) is 13.6. The third-order valence-electron chi connectivity index (χ3n) is 4.87. The van der Waals surface area contributed by atoms with Crippen LogP contribution in [0.4, 0.5) is 5.82 Å². The van der Waals surface area contributed by atoms with Crippen molar-refractivity contribution in [2.45, 2.75) is 45.2 Å². The van der Waals surface area contributed by atoms with E-state index in [9.17, 15) is 4.79 Å². The molecule has 1 fully saturated rings. The largest absolute Gasteiger partial charge is 0.421 e. The van der Waals surface area contributed by atoms with Crippen LogP contribution in [0.15, 0.2) is 41.1 Å². The molecule has 3 aromatic rings. The second-order valence-electron chi connectivity index (χ2n) is 6.98. The van der Waals surface area contributed by atoms with E-state index in [0.29, 0.717) is 22.9 Å². The summed E-state index contributed by atoms with van der Waals surface area (Å²) in [4.78, 5) is 21.6. The van der Waals surface area contributed by atoms with Crippen molar-refractivity contribution in [2.75, 3.05) is 5.32 Å². The quantitative estimate of drug-likeness (QED) is 0.703. The molecule has 2 N–H and O–H groups in total. The second kappa shape index (κ2) is 7.75. The minimum Gasteiger partial charge on any atom is -0.421 e. The first kappa shape index (κ1) is 18.1. The van der Waals surface area contributed by atoms with Gasteiger partial charge in [0.05, 0.1) is 29.2 Å². The van der Waals surface area contributed by atoms with E-state index < -0.39 is 0 Å². The number of nitrogens with one attached hydrogen (secondary N) is 2. The van der Waals surface area contributed by atoms with Gasteiger partial charge in [-0.3, -0.25) is 9.78 Å². The summed E-state index contributed by atoms with van der Waals surface area (Å²) in [5.74, 6) is 1.38. The lowest BCUT2D eigenvalue weighted by atomic mass is 10.1. The molecule has 2 aromatic heterocycles. The third-order valence-corrected chi connectivity index (χ3v) is 4.87. The lowest BCUT2D eigenvalue weighted by Crippen LogP contribution is -2.43. The number of hydrogen-bond acceptors (Lipinski definition) is 7. The summed E-state index contributed by atoms with van der Waals surface area (Å²) < 4.78 is 5.51. The fraction of sp³-hybridized carbons (Fsp3) is 0.350. The van der Waals surface area contributed by atoms with Crippen LogP contribution in [-0.2, 0) is 0 Å². The molecule has 2 heterocycles. The molecular formula is C20H22N6O2. The van der Waals surface area contributed by atoms with Crippen LogP contribution in [0.1, 0.15) is 41.2 Å². The lowest BCUT2D eigenvalue weighted by molar-refractivity contribution is 0.0936. The zero-order chi connectivity index (χ0) is 19.5. The van der Waals surface area contributed by atoms with E-state index in [1.807, 2.05) is 25.1 Å². The van der Waals surface area contributed by atoms with Crippen LogP contribution in [0.3, 0.4) is 0 Å². The van der Waals surface area contributed by atoms with Gasteiger partial charge in [-0.05, 0) is 38.3 Å². The number of aromatic nitrogens is 4. The maximum Gasteiger partial charge on any atom is 0.252 e. The van der Waals surface area contributed by atoms with Crippen LogP contribution in [0.5, 0.6) is 0 Å². The highest BCUT2D eigenvalue weighted by Gasteiger charge is 2.30. The zero-order valence-corrected chi connectivity index (χ0v) is 15.8. The average molecular weight is 378 g/mol. The molecule has 1 saturated carbocycles. The zero-order valence-electron chi connectivity index (χ0n) is 15.8. The average Bonchev–Trinajstić information content (AvgIpc) is 3.32.